The van der Waals surface area contributed by atoms with Crippen LogP contribution in [0.3, 0.4) is 0 Å². The van der Waals surface area contributed by atoms with E-state index in [4.69, 9.17) is 29.6 Å². The van der Waals surface area contributed by atoms with Gasteiger partial charge in [0.25, 0.3) is 0 Å². The molecule has 0 radical (unpaired) electrons. The molecule has 1 aliphatic carbocycles. The number of benzene rings is 1. The molecule has 0 heterocycles. The van der Waals surface area contributed by atoms with E-state index >= 15 is 0 Å². The molecule has 21 heavy (non-hydrogen) atoms. The van der Waals surface area contributed by atoms with Crippen LogP contribution in [0.5, 0.6) is 0 Å². The summed E-state index contributed by atoms with van der Waals surface area (Å²) in [5.74, 6) is 0.456. The number of sulfonamides is 1. The zero-order chi connectivity index (χ0) is 15.6. The van der Waals surface area contributed by atoms with Gasteiger partial charge in [0.1, 0.15) is 9.88 Å². The molecule has 4 nitrogen and oxygen atoms in total. The Bertz CT molecular complexity index is 642. The van der Waals surface area contributed by atoms with Gasteiger partial charge in [0, 0.05) is 18.7 Å². The minimum Gasteiger partial charge on any atom is -0.389 e. The third-order valence-corrected chi connectivity index (χ3v) is 6.53. The van der Waals surface area contributed by atoms with E-state index in [9.17, 15) is 8.42 Å². The fraction of sp³-hybridized carbons (Fsp3) is 0.500. The molecule has 2 N–H and O–H groups in total. The number of rotatable bonds is 6. The number of nitrogens with two attached hydrogens (primary N) is 1. The van der Waals surface area contributed by atoms with E-state index in [1.165, 1.54) is 22.9 Å². The van der Waals surface area contributed by atoms with Crippen molar-refractivity contribution < 1.29 is 8.42 Å². The van der Waals surface area contributed by atoms with Crippen molar-refractivity contribution in [2.45, 2.75) is 31.1 Å². The minimum atomic E-state index is -3.62. The first kappa shape index (κ1) is 16.7. The van der Waals surface area contributed by atoms with Crippen LogP contribution in [0, 0.1) is 5.92 Å². The number of hydrogen-bond donors (Lipinski definition) is 1. The molecule has 0 amide bonds. The van der Waals surface area contributed by atoms with Crippen LogP contribution in [0.15, 0.2) is 23.1 Å². The molecule has 0 atom stereocenters. The van der Waals surface area contributed by atoms with E-state index in [1.54, 1.807) is 6.07 Å². The predicted molar refractivity (Wildman–Crippen MR) is 89.1 cm³/mol. The van der Waals surface area contributed by atoms with Crippen LogP contribution < -0.4 is 5.73 Å². The van der Waals surface area contributed by atoms with Crippen molar-refractivity contribution in [1.29, 1.82) is 0 Å². The van der Waals surface area contributed by atoms with Crippen molar-refractivity contribution in [3.8, 4) is 0 Å². The lowest BCUT2D eigenvalue weighted by molar-refractivity contribution is 0.250. The third-order valence-electron chi connectivity index (χ3n) is 3.87. The summed E-state index contributed by atoms with van der Waals surface area (Å²) in [4.78, 5) is 0.237. The second kappa shape index (κ2) is 6.60. The summed E-state index contributed by atoms with van der Waals surface area (Å²) in [7, 11) is -3.62. The quantitative estimate of drug-likeness (QED) is 0.804. The molecule has 0 spiro atoms. The van der Waals surface area contributed by atoms with Crippen LogP contribution in [0.4, 0.5) is 0 Å². The van der Waals surface area contributed by atoms with Crippen LogP contribution in [0.25, 0.3) is 0 Å². The minimum absolute atomic E-state index is 0.0793. The maximum Gasteiger partial charge on any atom is 0.244 e. The summed E-state index contributed by atoms with van der Waals surface area (Å²) in [6, 6.07) is 4.62. The zero-order valence-electron chi connectivity index (χ0n) is 11.9. The fourth-order valence-corrected chi connectivity index (χ4v) is 4.51. The van der Waals surface area contributed by atoms with Crippen LogP contribution in [0.1, 0.15) is 31.7 Å². The van der Waals surface area contributed by atoms with Gasteiger partial charge in [-0.05, 0) is 30.9 Å². The smallest absolute Gasteiger partial charge is 0.244 e. The van der Waals surface area contributed by atoms with Crippen molar-refractivity contribution in [3.63, 3.8) is 0 Å². The largest absolute Gasteiger partial charge is 0.389 e. The summed E-state index contributed by atoms with van der Waals surface area (Å²) in [6.07, 6.45) is 3.36. The van der Waals surface area contributed by atoms with Gasteiger partial charge in [0.2, 0.25) is 10.0 Å². The highest BCUT2D eigenvalue weighted by atomic mass is 35.5. The Morgan fingerprint density at radius 3 is 2.62 bits per heavy atom. The summed E-state index contributed by atoms with van der Waals surface area (Å²) < 4.78 is 27.1. The van der Waals surface area contributed by atoms with Crippen LogP contribution in [0.2, 0.25) is 5.02 Å². The number of halogens is 1. The molecule has 1 aliphatic rings. The molecule has 7 heteroatoms. The molecule has 0 aliphatic heterocycles. The Morgan fingerprint density at radius 2 is 2.14 bits per heavy atom. The van der Waals surface area contributed by atoms with Gasteiger partial charge >= 0.3 is 0 Å². The second-order valence-corrected chi connectivity index (χ2v) is 8.02. The highest BCUT2D eigenvalue weighted by Gasteiger charge is 2.30. The molecule has 1 fully saturated rings. The molecule has 1 aromatic rings. The fourth-order valence-electron chi connectivity index (χ4n) is 2.35. The average Bonchev–Trinajstić information content (AvgIpc) is 2.37. The maximum atomic E-state index is 12.8. The van der Waals surface area contributed by atoms with Gasteiger partial charge in [0.15, 0.2) is 0 Å². The van der Waals surface area contributed by atoms with Crippen LogP contribution >= 0.6 is 23.8 Å². The number of thiocarbonyl (C=S) groups is 1. The van der Waals surface area contributed by atoms with E-state index < -0.39 is 10.0 Å². The lowest BCUT2D eigenvalue weighted by atomic mass is 9.85. The van der Waals surface area contributed by atoms with Crippen LogP contribution in [-0.4, -0.2) is 30.8 Å². The highest BCUT2D eigenvalue weighted by molar-refractivity contribution is 7.89. The Hall–Kier alpha value is -0.690. The molecule has 116 valence electrons. The van der Waals surface area contributed by atoms with Gasteiger partial charge in [-0.2, -0.15) is 4.31 Å². The van der Waals surface area contributed by atoms with Crippen molar-refractivity contribution in [1.82, 2.24) is 4.31 Å². The van der Waals surface area contributed by atoms with Gasteiger partial charge in [-0.1, -0.05) is 43.2 Å². The Morgan fingerprint density at radius 1 is 1.48 bits per heavy atom. The lowest BCUT2D eigenvalue weighted by Gasteiger charge is -2.31. The van der Waals surface area contributed by atoms with Crippen molar-refractivity contribution in [2.24, 2.45) is 11.7 Å². The average molecular weight is 347 g/mol. The highest BCUT2D eigenvalue weighted by Crippen LogP contribution is 2.31. The second-order valence-electron chi connectivity index (χ2n) is 5.26. The van der Waals surface area contributed by atoms with E-state index in [0.29, 0.717) is 24.6 Å². The molecular weight excluding hydrogens is 328 g/mol. The summed E-state index contributed by atoms with van der Waals surface area (Å²) in [6.45, 7) is 2.81. The predicted octanol–water partition coefficient (Wildman–Crippen LogP) is 2.78. The molecule has 1 saturated carbocycles. The summed E-state index contributed by atoms with van der Waals surface area (Å²) >= 11 is 11.0. The van der Waals surface area contributed by atoms with E-state index in [1.807, 2.05) is 6.92 Å². The zero-order valence-corrected chi connectivity index (χ0v) is 14.3. The van der Waals surface area contributed by atoms with Crippen molar-refractivity contribution in [2.75, 3.05) is 13.1 Å². The molecular formula is C14H19ClN2O2S2. The SMILES string of the molecule is CCN(CC1CCC1)S(=O)(=O)c1cc(C(N)=S)ccc1Cl. The Kier molecular flexibility index (Phi) is 5.24. The molecule has 0 aromatic heterocycles. The first-order valence-corrected chi connectivity index (χ1v) is 9.18. The topological polar surface area (TPSA) is 63.4 Å². The molecule has 0 unspecified atom stereocenters. The molecule has 0 bridgehead atoms. The van der Waals surface area contributed by atoms with Crippen molar-refractivity contribution in [3.05, 3.63) is 28.8 Å². The molecule has 2 rings (SSSR count). The Labute approximate surface area is 136 Å². The summed E-state index contributed by atoms with van der Waals surface area (Å²) in [5, 5.41) is 0.196. The first-order chi connectivity index (χ1) is 9.86. The number of nitrogens with zero attached hydrogens (tertiary/aromatic N) is 1. The van der Waals surface area contributed by atoms with Gasteiger partial charge in [0.05, 0.1) is 5.02 Å². The normalized spacial score (nSPS) is 16.0. The van der Waals surface area contributed by atoms with Gasteiger partial charge in [-0.15, -0.1) is 0 Å². The van der Waals surface area contributed by atoms with Crippen molar-refractivity contribution >= 4 is 38.8 Å². The molecule has 0 saturated heterocycles. The van der Waals surface area contributed by atoms with E-state index in [2.05, 4.69) is 0 Å². The Balaban J connectivity index is 2.36. The molecule has 1 aromatic carbocycles. The maximum absolute atomic E-state index is 12.8. The lowest BCUT2D eigenvalue weighted by Crippen LogP contribution is -2.37. The number of hydrogen-bond acceptors (Lipinski definition) is 3. The van der Waals surface area contributed by atoms with Crippen LogP contribution in [-0.2, 0) is 10.0 Å². The van der Waals surface area contributed by atoms with E-state index in [-0.39, 0.29) is 14.9 Å². The monoisotopic (exact) mass is 346 g/mol. The van der Waals surface area contributed by atoms with Gasteiger partial charge in [-0.25, -0.2) is 8.42 Å². The third kappa shape index (κ3) is 3.56. The first-order valence-electron chi connectivity index (χ1n) is 6.95. The van der Waals surface area contributed by atoms with Gasteiger partial charge < -0.3 is 5.73 Å². The van der Waals surface area contributed by atoms with E-state index in [0.717, 1.165) is 12.8 Å². The van der Waals surface area contributed by atoms with Gasteiger partial charge in [-0.3, -0.25) is 0 Å². The summed E-state index contributed by atoms with van der Waals surface area (Å²) in [5.41, 5.74) is 6.08. The standard InChI is InChI=1S/C14H19ClN2O2S2/c1-2-17(9-10-4-3-5-10)21(18,19)13-8-11(14(16)20)6-7-12(13)15/h6-8,10H,2-5,9H2,1H3,(H2,16,20).